The fourth-order valence-corrected chi connectivity index (χ4v) is 1.31. The molecule has 0 spiro atoms. The van der Waals surface area contributed by atoms with Gasteiger partial charge < -0.3 is 10.4 Å². The SMILES string of the molecule is Cn1ccc(C(=O)NC2(CO)CC2)n1. The molecule has 2 rings (SSSR count). The molecule has 1 aromatic heterocycles. The number of aryl methyl sites for hydroxylation is 1. The van der Waals surface area contributed by atoms with E-state index in [9.17, 15) is 4.79 Å². The smallest absolute Gasteiger partial charge is 0.272 e. The number of aliphatic hydroxyl groups excluding tert-OH is 1. The highest BCUT2D eigenvalue weighted by Crippen LogP contribution is 2.34. The second-order valence-corrected chi connectivity index (χ2v) is 3.77. The van der Waals surface area contributed by atoms with Crippen LogP contribution in [0.4, 0.5) is 0 Å². The molecule has 1 aliphatic carbocycles. The van der Waals surface area contributed by atoms with E-state index in [1.54, 1.807) is 24.0 Å². The number of aliphatic hydroxyl groups is 1. The van der Waals surface area contributed by atoms with E-state index in [1.165, 1.54) is 0 Å². The lowest BCUT2D eigenvalue weighted by Crippen LogP contribution is -2.39. The highest BCUT2D eigenvalue weighted by molar-refractivity contribution is 5.92. The summed E-state index contributed by atoms with van der Waals surface area (Å²) in [5.74, 6) is -0.211. The van der Waals surface area contributed by atoms with Gasteiger partial charge in [-0.15, -0.1) is 0 Å². The minimum Gasteiger partial charge on any atom is -0.394 e. The Kier molecular flexibility index (Phi) is 2.03. The molecule has 2 N–H and O–H groups in total. The number of nitrogens with one attached hydrogen (secondary N) is 1. The van der Waals surface area contributed by atoms with Crippen molar-refractivity contribution >= 4 is 5.91 Å². The third-order valence-electron chi connectivity index (χ3n) is 2.48. The summed E-state index contributed by atoms with van der Waals surface area (Å²) in [6.45, 7) is 0.00553. The van der Waals surface area contributed by atoms with Crippen molar-refractivity contribution < 1.29 is 9.90 Å². The van der Waals surface area contributed by atoms with Crippen LogP contribution in [-0.4, -0.2) is 32.9 Å². The van der Waals surface area contributed by atoms with E-state index in [-0.39, 0.29) is 18.1 Å². The molecule has 0 radical (unpaired) electrons. The van der Waals surface area contributed by atoms with E-state index < -0.39 is 0 Å². The van der Waals surface area contributed by atoms with Crippen LogP contribution in [0, 0.1) is 0 Å². The van der Waals surface area contributed by atoms with Crippen LogP contribution in [0.2, 0.25) is 0 Å². The molecular weight excluding hydrogens is 182 g/mol. The van der Waals surface area contributed by atoms with Gasteiger partial charge in [-0.3, -0.25) is 9.48 Å². The number of carbonyl (C=O) groups excluding carboxylic acids is 1. The third-order valence-corrected chi connectivity index (χ3v) is 2.48. The maximum Gasteiger partial charge on any atom is 0.272 e. The highest BCUT2D eigenvalue weighted by Gasteiger charge is 2.43. The van der Waals surface area contributed by atoms with E-state index in [0.717, 1.165) is 12.8 Å². The minimum absolute atomic E-state index is 0.00553. The molecule has 1 amide bonds. The molecule has 0 atom stereocenters. The van der Waals surface area contributed by atoms with Crippen molar-refractivity contribution in [3.05, 3.63) is 18.0 Å². The molecular formula is C9H13N3O2. The van der Waals surface area contributed by atoms with Crippen molar-refractivity contribution in [1.82, 2.24) is 15.1 Å². The summed E-state index contributed by atoms with van der Waals surface area (Å²) >= 11 is 0. The Morgan fingerprint density at radius 2 is 2.50 bits per heavy atom. The fourth-order valence-electron chi connectivity index (χ4n) is 1.31. The first-order valence-electron chi connectivity index (χ1n) is 4.58. The summed E-state index contributed by atoms with van der Waals surface area (Å²) in [6.07, 6.45) is 3.41. The topological polar surface area (TPSA) is 67.2 Å². The number of rotatable bonds is 3. The average Bonchev–Trinajstić information content (AvgIpc) is 2.80. The van der Waals surface area contributed by atoms with Crippen molar-refractivity contribution in [2.24, 2.45) is 7.05 Å². The predicted molar refractivity (Wildman–Crippen MR) is 49.7 cm³/mol. The van der Waals surface area contributed by atoms with Gasteiger partial charge in [-0.2, -0.15) is 5.10 Å². The van der Waals surface area contributed by atoms with E-state index in [2.05, 4.69) is 10.4 Å². The lowest BCUT2D eigenvalue weighted by Gasteiger charge is -2.12. The van der Waals surface area contributed by atoms with Gasteiger partial charge in [0.15, 0.2) is 0 Å². The molecule has 5 nitrogen and oxygen atoms in total. The normalized spacial score (nSPS) is 17.9. The fraction of sp³-hybridized carbons (Fsp3) is 0.556. The van der Waals surface area contributed by atoms with Gasteiger partial charge in [-0.25, -0.2) is 0 Å². The monoisotopic (exact) mass is 195 g/mol. The number of nitrogens with zero attached hydrogens (tertiary/aromatic N) is 2. The van der Waals surface area contributed by atoms with Crippen molar-refractivity contribution in [2.75, 3.05) is 6.61 Å². The summed E-state index contributed by atoms with van der Waals surface area (Å²) in [5.41, 5.74) is 0.0291. The maximum atomic E-state index is 11.6. The Bertz CT molecular complexity index is 355. The van der Waals surface area contributed by atoms with Crippen molar-refractivity contribution in [2.45, 2.75) is 18.4 Å². The average molecular weight is 195 g/mol. The Hall–Kier alpha value is -1.36. The zero-order valence-corrected chi connectivity index (χ0v) is 8.03. The lowest BCUT2D eigenvalue weighted by atomic mass is 10.3. The number of hydrogen-bond donors (Lipinski definition) is 2. The van der Waals surface area contributed by atoms with E-state index in [0.29, 0.717) is 5.69 Å². The lowest BCUT2D eigenvalue weighted by molar-refractivity contribution is 0.0901. The second kappa shape index (κ2) is 3.09. The summed E-state index contributed by atoms with van der Waals surface area (Å²) in [6, 6.07) is 1.66. The van der Waals surface area contributed by atoms with Crippen LogP contribution in [0.1, 0.15) is 23.3 Å². The molecule has 14 heavy (non-hydrogen) atoms. The highest BCUT2D eigenvalue weighted by atomic mass is 16.3. The van der Waals surface area contributed by atoms with Crippen LogP contribution >= 0.6 is 0 Å². The van der Waals surface area contributed by atoms with Gasteiger partial charge >= 0.3 is 0 Å². The zero-order chi connectivity index (χ0) is 10.2. The molecule has 5 heteroatoms. The van der Waals surface area contributed by atoms with Crippen LogP contribution in [0.15, 0.2) is 12.3 Å². The van der Waals surface area contributed by atoms with Crippen molar-refractivity contribution in [3.63, 3.8) is 0 Å². The Morgan fingerprint density at radius 3 is 2.93 bits per heavy atom. The number of hydrogen-bond acceptors (Lipinski definition) is 3. The zero-order valence-electron chi connectivity index (χ0n) is 8.03. The largest absolute Gasteiger partial charge is 0.394 e. The Labute approximate surface area is 81.7 Å². The standard InChI is InChI=1S/C9H13N3O2/c1-12-5-2-7(11-12)8(14)10-9(6-13)3-4-9/h2,5,13H,3-4,6H2,1H3,(H,10,14). The van der Waals surface area contributed by atoms with Gasteiger partial charge in [0.05, 0.1) is 12.1 Å². The number of amides is 1. The van der Waals surface area contributed by atoms with Gasteiger partial charge in [-0.05, 0) is 18.9 Å². The minimum atomic E-state index is -0.366. The summed E-state index contributed by atoms with van der Waals surface area (Å²) in [5, 5.41) is 15.8. The van der Waals surface area contributed by atoms with Gasteiger partial charge in [0.25, 0.3) is 5.91 Å². The van der Waals surface area contributed by atoms with E-state index in [1.807, 2.05) is 0 Å². The summed E-state index contributed by atoms with van der Waals surface area (Å²) in [7, 11) is 1.76. The first-order valence-corrected chi connectivity index (χ1v) is 4.58. The first-order chi connectivity index (χ1) is 6.65. The van der Waals surface area contributed by atoms with Gasteiger partial charge in [0, 0.05) is 13.2 Å². The quantitative estimate of drug-likeness (QED) is 0.694. The van der Waals surface area contributed by atoms with Crippen molar-refractivity contribution in [1.29, 1.82) is 0 Å². The molecule has 0 unspecified atom stereocenters. The number of aromatic nitrogens is 2. The molecule has 1 fully saturated rings. The molecule has 76 valence electrons. The first kappa shape index (κ1) is 9.21. The molecule has 0 bridgehead atoms. The Morgan fingerprint density at radius 1 is 1.79 bits per heavy atom. The molecule has 1 aliphatic rings. The van der Waals surface area contributed by atoms with Crippen LogP contribution in [0.25, 0.3) is 0 Å². The summed E-state index contributed by atoms with van der Waals surface area (Å²) in [4.78, 5) is 11.6. The van der Waals surface area contributed by atoms with Crippen LogP contribution < -0.4 is 5.32 Å². The molecule has 1 heterocycles. The van der Waals surface area contributed by atoms with E-state index >= 15 is 0 Å². The predicted octanol–water partition coefficient (Wildman–Crippen LogP) is -0.325. The van der Waals surface area contributed by atoms with Crippen LogP contribution in [-0.2, 0) is 7.05 Å². The van der Waals surface area contributed by atoms with E-state index in [4.69, 9.17) is 5.11 Å². The Balaban J connectivity index is 2.03. The maximum absolute atomic E-state index is 11.6. The van der Waals surface area contributed by atoms with Crippen molar-refractivity contribution in [3.8, 4) is 0 Å². The third kappa shape index (κ3) is 1.63. The number of carbonyl (C=O) groups is 1. The van der Waals surface area contributed by atoms with Gasteiger partial charge in [-0.1, -0.05) is 0 Å². The van der Waals surface area contributed by atoms with Crippen LogP contribution in [0.5, 0.6) is 0 Å². The molecule has 0 aromatic carbocycles. The molecule has 1 aromatic rings. The van der Waals surface area contributed by atoms with Crippen LogP contribution in [0.3, 0.4) is 0 Å². The summed E-state index contributed by atoms with van der Waals surface area (Å²) < 4.78 is 1.58. The molecule has 1 saturated carbocycles. The second-order valence-electron chi connectivity index (χ2n) is 3.77. The molecule has 0 saturated heterocycles. The van der Waals surface area contributed by atoms with Gasteiger partial charge in [0.2, 0.25) is 0 Å². The van der Waals surface area contributed by atoms with Gasteiger partial charge in [0.1, 0.15) is 5.69 Å². The molecule has 0 aliphatic heterocycles.